The molecular formula is C14H20N2O2S. The van der Waals surface area contributed by atoms with Crippen molar-refractivity contribution in [2.24, 2.45) is 5.92 Å². The standard InChI is InChI=1S/C14H20N2O2S/c1-9(2)11(8-17-3)16-10-6-5-7-12(18-4)13(10)15-14(16)19/h5-7,9,11H,8H2,1-4H3,(H,15,19). The predicted octanol–water partition coefficient (Wildman–Crippen LogP) is 3.55. The number of fused-ring (bicyclic) bond motifs is 1. The highest BCUT2D eigenvalue weighted by atomic mass is 32.1. The Balaban J connectivity index is 2.66. The monoisotopic (exact) mass is 280 g/mol. The summed E-state index contributed by atoms with van der Waals surface area (Å²) < 4.78 is 13.5. The van der Waals surface area contributed by atoms with E-state index in [0.29, 0.717) is 17.3 Å². The van der Waals surface area contributed by atoms with E-state index in [2.05, 4.69) is 29.5 Å². The van der Waals surface area contributed by atoms with Gasteiger partial charge in [0.2, 0.25) is 0 Å². The number of ether oxygens (including phenoxy) is 2. The van der Waals surface area contributed by atoms with Crippen molar-refractivity contribution in [1.82, 2.24) is 9.55 Å². The van der Waals surface area contributed by atoms with Crippen LogP contribution < -0.4 is 4.74 Å². The van der Waals surface area contributed by atoms with Gasteiger partial charge in [0.1, 0.15) is 11.3 Å². The highest BCUT2D eigenvalue weighted by molar-refractivity contribution is 7.71. The Bertz CT molecular complexity index is 615. The molecule has 2 rings (SSSR count). The fourth-order valence-corrected chi connectivity index (χ4v) is 2.69. The molecule has 0 radical (unpaired) electrons. The molecule has 0 bridgehead atoms. The Kier molecular flexibility index (Phi) is 4.27. The van der Waals surface area contributed by atoms with Crippen molar-refractivity contribution < 1.29 is 9.47 Å². The van der Waals surface area contributed by atoms with E-state index in [-0.39, 0.29) is 6.04 Å². The van der Waals surface area contributed by atoms with E-state index in [9.17, 15) is 0 Å². The van der Waals surface area contributed by atoms with Crippen LogP contribution in [0.1, 0.15) is 19.9 Å². The van der Waals surface area contributed by atoms with Crippen molar-refractivity contribution in [2.45, 2.75) is 19.9 Å². The number of hydrogen-bond donors (Lipinski definition) is 1. The third kappa shape index (κ3) is 2.53. The third-order valence-electron chi connectivity index (χ3n) is 3.37. The van der Waals surface area contributed by atoms with Crippen molar-refractivity contribution in [3.8, 4) is 5.75 Å². The van der Waals surface area contributed by atoms with Crippen LogP contribution in [0.5, 0.6) is 5.75 Å². The second-order valence-corrected chi connectivity index (χ2v) is 5.31. The van der Waals surface area contributed by atoms with Crippen LogP contribution in [0, 0.1) is 10.7 Å². The van der Waals surface area contributed by atoms with Crippen LogP contribution in [0.15, 0.2) is 18.2 Å². The molecule has 1 N–H and O–H groups in total. The molecule has 1 aromatic carbocycles. The van der Waals surface area contributed by atoms with Gasteiger partial charge in [0.05, 0.1) is 25.3 Å². The van der Waals surface area contributed by atoms with Crippen LogP contribution in [0.4, 0.5) is 0 Å². The highest BCUT2D eigenvalue weighted by Crippen LogP contribution is 2.29. The number of imidazole rings is 1. The lowest BCUT2D eigenvalue weighted by atomic mass is 10.1. The smallest absolute Gasteiger partial charge is 0.178 e. The van der Waals surface area contributed by atoms with Gasteiger partial charge in [0.25, 0.3) is 0 Å². The van der Waals surface area contributed by atoms with Crippen molar-refractivity contribution in [1.29, 1.82) is 0 Å². The maximum absolute atomic E-state index is 5.47. The quantitative estimate of drug-likeness (QED) is 0.851. The average molecular weight is 280 g/mol. The summed E-state index contributed by atoms with van der Waals surface area (Å²) in [4.78, 5) is 3.24. The van der Waals surface area contributed by atoms with Gasteiger partial charge in [-0.3, -0.25) is 0 Å². The summed E-state index contributed by atoms with van der Waals surface area (Å²) in [5, 5.41) is 0. The first-order valence-electron chi connectivity index (χ1n) is 6.36. The number of aromatic nitrogens is 2. The normalized spacial score (nSPS) is 13.1. The van der Waals surface area contributed by atoms with E-state index in [4.69, 9.17) is 21.7 Å². The van der Waals surface area contributed by atoms with Crippen LogP contribution in [-0.2, 0) is 4.74 Å². The number of rotatable bonds is 5. The van der Waals surface area contributed by atoms with E-state index >= 15 is 0 Å². The van der Waals surface area contributed by atoms with Crippen molar-refractivity contribution >= 4 is 23.3 Å². The third-order valence-corrected chi connectivity index (χ3v) is 3.67. The zero-order chi connectivity index (χ0) is 14.0. The van der Waals surface area contributed by atoms with Crippen molar-refractivity contribution in [3.05, 3.63) is 23.0 Å². The molecule has 104 valence electrons. The van der Waals surface area contributed by atoms with Crippen LogP contribution in [0.2, 0.25) is 0 Å². The first kappa shape index (κ1) is 14.1. The Morgan fingerprint density at radius 2 is 2.05 bits per heavy atom. The van der Waals surface area contributed by atoms with E-state index < -0.39 is 0 Å². The molecule has 1 unspecified atom stereocenters. The van der Waals surface area contributed by atoms with E-state index in [0.717, 1.165) is 16.8 Å². The molecule has 0 aliphatic rings. The molecular weight excluding hydrogens is 260 g/mol. The van der Waals surface area contributed by atoms with Gasteiger partial charge in [-0.2, -0.15) is 0 Å². The summed E-state index contributed by atoms with van der Waals surface area (Å²) in [6, 6.07) is 6.16. The Morgan fingerprint density at radius 3 is 2.63 bits per heavy atom. The number of aromatic amines is 1. The van der Waals surface area contributed by atoms with E-state index in [1.54, 1.807) is 14.2 Å². The van der Waals surface area contributed by atoms with E-state index in [1.165, 1.54) is 0 Å². The maximum atomic E-state index is 5.47. The van der Waals surface area contributed by atoms with E-state index in [1.807, 2.05) is 12.1 Å². The van der Waals surface area contributed by atoms with Crippen molar-refractivity contribution in [2.75, 3.05) is 20.8 Å². The minimum Gasteiger partial charge on any atom is -0.494 e. The van der Waals surface area contributed by atoms with Gasteiger partial charge in [-0.15, -0.1) is 0 Å². The van der Waals surface area contributed by atoms with Gasteiger partial charge in [-0.05, 0) is 30.3 Å². The second kappa shape index (κ2) is 5.75. The van der Waals surface area contributed by atoms with Gasteiger partial charge < -0.3 is 19.0 Å². The summed E-state index contributed by atoms with van der Waals surface area (Å²) in [6.07, 6.45) is 0. The SMILES string of the molecule is COCC(C(C)C)n1c(=S)[nH]c2c(OC)cccc21. The molecule has 0 spiro atoms. The lowest BCUT2D eigenvalue weighted by Gasteiger charge is -2.22. The van der Waals surface area contributed by atoms with Crippen LogP contribution >= 0.6 is 12.2 Å². The van der Waals surface area contributed by atoms with Gasteiger partial charge in [-0.25, -0.2) is 0 Å². The molecule has 0 aliphatic carbocycles. The van der Waals surface area contributed by atoms with Gasteiger partial charge in [-0.1, -0.05) is 19.9 Å². The molecule has 0 amide bonds. The molecule has 4 nitrogen and oxygen atoms in total. The highest BCUT2D eigenvalue weighted by Gasteiger charge is 2.20. The largest absolute Gasteiger partial charge is 0.494 e. The minimum atomic E-state index is 0.207. The predicted molar refractivity (Wildman–Crippen MR) is 79.4 cm³/mol. The molecule has 0 aliphatic heterocycles. The molecule has 1 atom stereocenters. The Hall–Kier alpha value is -1.33. The fourth-order valence-electron chi connectivity index (χ4n) is 2.36. The lowest BCUT2D eigenvalue weighted by molar-refractivity contribution is 0.134. The van der Waals surface area contributed by atoms with Crippen LogP contribution in [0.25, 0.3) is 11.0 Å². The molecule has 0 fully saturated rings. The number of hydrogen-bond acceptors (Lipinski definition) is 3. The number of nitrogens with zero attached hydrogens (tertiary/aromatic N) is 1. The molecule has 5 heteroatoms. The second-order valence-electron chi connectivity index (χ2n) is 4.92. The molecule has 0 saturated heterocycles. The molecule has 1 heterocycles. The maximum Gasteiger partial charge on any atom is 0.178 e. The van der Waals surface area contributed by atoms with Gasteiger partial charge in [0, 0.05) is 7.11 Å². The number of H-pyrrole nitrogens is 1. The first-order valence-corrected chi connectivity index (χ1v) is 6.77. The Morgan fingerprint density at radius 1 is 1.32 bits per heavy atom. The number of methoxy groups -OCH3 is 2. The minimum absolute atomic E-state index is 0.207. The summed E-state index contributed by atoms with van der Waals surface area (Å²) in [5.41, 5.74) is 2.00. The number of benzene rings is 1. The summed E-state index contributed by atoms with van der Waals surface area (Å²) in [7, 11) is 3.38. The molecule has 1 aromatic heterocycles. The van der Waals surface area contributed by atoms with Crippen molar-refractivity contribution in [3.63, 3.8) is 0 Å². The molecule has 2 aromatic rings. The number of nitrogens with one attached hydrogen (secondary N) is 1. The van der Waals surface area contributed by atoms with Crippen LogP contribution in [0.3, 0.4) is 0 Å². The summed E-state index contributed by atoms with van der Waals surface area (Å²) in [5.74, 6) is 1.24. The molecule has 0 saturated carbocycles. The fraction of sp³-hybridized carbons (Fsp3) is 0.500. The first-order chi connectivity index (χ1) is 9.10. The van der Waals surface area contributed by atoms with Crippen LogP contribution in [-0.4, -0.2) is 30.4 Å². The summed E-state index contributed by atoms with van der Waals surface area (Å²) >= 11 is 5.47. The Labute approximate surface area is 118 Å². The van der Waals surface area contributed by atoms with Gasteiger partial charge in [0.15, 0.2) is 4.77 Å². The zero-order valence-corrected chi connectivity index (χ0v) is 12.6. The average Bonchev–Trinajstić information content (AvgIpc) is 2.71. The van der Waals surface area contributed by atoms with Gasteiger partial charge >= 0.3 is 0 Å². The topological polar surface area (TPSA) is 39.2 Å². The number of para-hydroxylation sites is 1. The molecule has 19 heavy (non-hydrogen) atoms. The zero-order valence-electron chi connectivity index (χ0n) is 11.8. The summed E-state index contributed by atoms with van der Waals surface area (Å²) in [6.45, 7) is 4.98. The lowest BCUT2D eigenvalue weighted by Crippen LogP contribution is -2.20.